The van der Waals surface area contributed by atoms with E-state index in [0.29, 0.717) is 0 Å². The monoisotopic (exact) mass is 149 g/mol. The Morgan fingerprint density at radius 1 is 1.83 bits per heavy atom. The standard InChI is InChI=1S/C3H4BrNO/c1-2(4)3(5)6/h1H2,(H2,5,6). The highest BCUT2D eigenvalue weighted by Crippen LogP contribution is 1.95. The molecule has 0 rings (SSSR count). The Balaban J connectivity index is 3.57. The highest BCUT2D eigenvalue weighted by atomic mass is 79.9. The molecule has 1 amide bonds. The van der Waals surface area contributed by atoms with Gasteiger partial charge in [0.1, 0.15) is 0 Å². The first kappa shape index (κ1) is 5.69. The van der Waals surface area contributed by atoms with Crippen molar-refractivity contribution in [3.63, 3.8) is 0 Å². The predicted molar refractivity (Wildman–Crippen MR) is 27.3 cm³/mol. The smallest absolute Gasteiger partial charge is 0.255 e. The van der Waals surface area contributed by atoms with Gasteiger partial charge in [-0.25, -0.2) is 0 Å². The fraction of sp³-hybridized carbons (Fsp3) is 0. The maximum absolute atomic E-state index is 9.77. The molecule has 0 aliphatic rings. The molecule has 0 fully saturated rings. The van der Waals surface area contributed by atoms with Crippen LogP contribution in [0.15, 0.2) is 11.1 Å². The van der Waals surface area contributed by atoms with Gasteiger partial charge in [-0.1, -0.05) is 6.58 Å². The molecule has 0 aromatic heterocycles. The molecule has 2 nitrogen and oxygen atoms in total. The van der Waals surface area contributed by atoms with Gasteiger partial charge in [-0.15, -0.1) is 0 Å². The van der Waals surface area contributed by atoms with Crippen molar-refractivity contribution in [1.29, 1.82) is 0 Å². The van der Waals surface area contributed by atoms with Crippen molar-refractivity contribution in [3.05, 3.63) is 11.1 Å². The van der Waals surface area contributed by atoms with Gasteiger partial charge >= 0.3 is 0 Å². The summed E-state index contributed by atoms with van der Waals surface area (Å²) in [5, 5.41) is 0. The molecule has 0 aliphatic heterocycles. The zero-order valence-electron chi connectivity index (χ0n) is 3.07. The lowest BCUT2D eigenvalue weighted by atomic mass is 10.6. The Morgan fingerprint density at radius 3 is 2.00 bits per heavy atom. The van der Waals surface area contributed by atoms with Crippen LogP contribution >= 0.6 is 15.9 Å². The van der Waals surface area contributed by atoms with Gasteiger partial charge in [-0.2, -0.15) is 0 Å². The van der Waals surface area contributed by atoms with Crippen LogP contribution in [0.25, 0.3) is 0 Å². The van der Waals surface area contributed by atoms with Gasteiger partial charge in [0, 0.05) is 0 Å². The van der Waals surface area contributed by atoms with Crippen LogP contribution in [0.4, 0.5) is 0 Å². The average molecular weight is 150 g/mol. The molecule has 0 aromatic rings. The molecule has 0 aromatic carbocycles. The average Bonchev–Trinajstić information content (AvgIpc) is 1.36. The molecular formula is C3H4BrNO. The second-order valence-corrected chi connectivity index (χ2v) is 1.73. The van der Waals surface area contributed by atoms with Crippen molar-refractivity contribution < 1.29 is 4.79 Å². The second kappa shape index (κ2) is 1.97. The van der Waals surface area contributed by atoms with E-state index in [2.05, 4.69) is 28.2 Å². The number of hydrogen-bond acceptors (Lipinski definition) is 1. The van der Waals surface area contributed by atoms with E-state index < -0.39 is 5.91 Å². The van der Waals surface area contributed by atoms with Crippen molar-refractivity contribution in [2.24, 2.45) is 5.73 Å². The number of hydrogen-bond donors (Lipinski definition) is 1. The second-order valence-electron chi connectivity index (χ2n) is 0.769. The zero-order valence-corrected chi connectivity index (χ0v) is 4.66. The summed E-state index contributed by atoms with van der Waals surface area (Å²) >= 11 is 2.77. The minimum Gasteiger partial charge on any atom is -0.365 e. The van der Waals surface area contributed by atoms with E-state index in [1.165, 1.54) is 0 Å². The van der Waals surface area contributed by atoms with Gasteiger partial charge in [-0.05, 0) is 15.9 Å². The molecule has 6 heavy (non-hydrogen) atoms. The SMILES string of the molecule is C=C(Br)C(N)=O. The summed E-state index contributed by atoms with van der Waals surface area (Å²) in [5.41, 5.74) is 4.65. The lowest BCUT2D eigenvalue weighted by molar-refractivity contribution is -0.113. The predicted octanol–water partition coefficient (Wildman–Crippen LogP) is 0.380. The molecule has 0 heterocycles. The van der Waals surface area contributed by atoms with Crippen molar-refractivity contribution >= 4 is 21.8 Å². The van der Waals surface area contributed by atoms with Crippen LogP contribution < -0.4 is 5.73 Å². The molecule has 0 bridgehead atoms. The van der Waals surface area contributed by atoms with E-state index in [1.807, 2.05) is 0 Å². The minimum absolute atomic E-state index is 0.211. The summed E-state index contributed by atoms with van der Waals surface area (Å²) < 4.78 is 0.211. The quantitative estimate of drug-likeness (QED) is 0.539. The molecule has 0 saturated carbocycles. The normalized spacial score (nSPS) is 7.50. The fourth-order valence-electron chi connectivity index (χ4n) is 0. The van der Waals surface area contributed by atoms with E-state index in [-0.39, 0.29) is 4.48 Å². The largest absolute Gasteiger partial charge is 0.365 e. The van der Waals surface area contributed by atoms with E-state index in [0.717, 1.165) is 0 Å². The summed E-state index contributed by atoms with van der Waals surface area (Å²) in [6, 6.07) is 0. The molecule has 3 heteroatoms. The highest BCUT2D eigenvalue weighted by molar-refractivity contribution is 9.12. The van der Waals surface area contributed by atoms with Gasteiger partial charge in [0.05, 0.1) is 4.48 Å². The third-order valence-corrected chi connectivity index (χ3v) is 0.658. The van der Waals surface area contributed by atoms with Crippen LogP contribution in [0.2, 0.25) is 0 Å². The summed E-state index contributed by atoms with van der Waals surface area (Å²) in [6.07, 6.45) is 0. The van der Waals surface area contributed by atoms with Crippen LogP contribution in [0, 0.1) is 0 Å². The van der Waals surface area contributed by atoms with Crippen molar-refractivity contribution in [2.75, 3.05) is 0 Å². The van der Waals surface area contributed by atoms with E-state index >= 15 is 0 Å². The Morgan fingerprint density at radius 2 is 2.00 bits per heavy atom. The Kier molecular flexibility index (Phi) is 1.87. The van der Waals surface area contributed by atoms with E-state index in [1.54, 1.807) is 0 Å². The maximum atomic E-state index is 9.77. The summed E-state index contributed by atoms with van der Waals surface area (Å²) in [6.45, 7) is 3.20. The first-order valence-electron chi connectivity index (χ1n) is 1.29. The molecule has 0 unspecified atom stereocenters. The highest BCUT2D eigenvalue weighted by Gasteiger charge is 1.89. The lowest BCUT2D eigenvalue weighted by Crippen LogP contribution is -2.08. The number of rotatable bonds is 1. The van der Waals surface area contributed by atoms with Gasteiger partial charge in [0.15, 0.2) is 0 Å². The zero-order chi connectivity index (χ0) is 5.15. The Hall–Kier alpha value is -0.310. The molecule has 0 atom stereocenters. The summed E-state index contributed by atoms with van der Waals surface area (Å²) in [4.78, 5) is 9.77. The first-order valence-corrected chi connectivity index (χ1v) is 2.08. The molecule has 0 saturated heterocycles. The van der Waals surface area contributed by atoms with Gasteiger partial charge in [0.25, 0.3) is 5.91 Å². The molecule has 0 spiro atoms. The minimum atomic E-state index is -0.519. The van der Waals surface area contributed by atoms with Crippen molar-refractivity contribution in [1.82, 2.24) is 0 Å². The molecule has 0 aliphatic carbocycles. The third kappa shape index (κ3) is 1.96. The van der Waals surface area contributed by atoms with E-state index in [4.69, 9.17) is 0 Å². The van der Waals surface area contributed by atoms with Crippen LogP contribution in [0.5, 0.6) is 0 Å². The number of carbonyl (C=O) groups is 1. The van der Waals surface area contributed by atoms with Crippen LogP contribution in [0.1, 0.15) is 0 Å². The summed E-state index contributed by atoms with van der Waals surface area (Å²) in [7, 11) is 0. The number of primary amides is 1. The molecular weight excluding hydrogens is 146 g/mol. The lowest BCUT2D eigenvalue weighted by Gasteiger charge is -1.78. The number of nitrogens with two attached hydrogens (primary N) is 1. The number of carbonyl (C=O) groups excluding carboxylic acids is 1. The third-order valence-electron chi connectivity index (χ3n) is 0.267. The van der Waals surface area contributed by atoms with Gasteiger partial charge in [-0.3, -0.25) is 4.79 Å². The van der Waals surface area contributed by atoms with E-state index in [9.17, 15) is 4.79 Å². The summed E-state index contributed by atoms with van der Waals surface area (Å²) in [5.74, 6) is -0.519. The number of amides is 1. The first-order chi connectivity index (χ1) is 2.64. The topological polar surface area (TPSA) is 43.1 Å². The molecule has 34 valence electrons. The van der Waals surface area contributed by atoms with Crippen molar-refractivity contribution in [3.8, 4) is 0 Å². The van der Waals surface area contributed by atoms with Gasteiger partial charge < -0.3 is 5.73 Å². The van der Waals surface area contributed by atoms with Crippen LogP contribution in [-0.4, -0.2) is 5.91 Å². The maximum Gasteiger partial charge on any atom is 0.255 e. The fourth-order valence-corrected chi connectivity index (χ4v) is 0. The molecule has 0 radical (unpaired) electrons. The van der Waals surface area contributed by atoms with Crippen molar-refractivity contribution in [2.45, 2.75) is 0 Å². The Labute approximate surface area is 44.1 Å². The van der Waals surface area contributed by atoms with Crippen LogP contribution in [0.3, 0.4) is 0 Å². The van der Waals surface area contributed by atoms with Crippen LogP contribution in [-0.2, 0) is 4.79 Å². The van der Waals surface area contributed by atoms with Gasteiger partial charge in [0.2, 0.25) is 0 Å². The Bertz CT molecular complexity index is 76.8. The number of halogens is 1. The molecule has 2 N–H and O–H groups in total.